The summed E-state index contributed by atoms with van der Waals surface area (Å²) in [5.74, 6) is 0.630. The molecule has 0 radical (unpaired) electrons. The van der Waals surface area contributed by atoms with E-state index >= 15 is 0 Å². The van der Waals surface area contributed by atoms with Crippen LogP contribution in [0.5, 0.6) is 11.5 Å². The highest BCUT2D eigenvalue weighted by atomic mass is 16.5. The fourth-order valence-corrected chi connectivity index (χ4v) is 3.48. The Hall–Kier alpha value is -1.97. The van der Waals surface area contributed by atoms with E-state index in [-0.39, 0.29) is 11.7 Å². The summed E-state index contributed by atoms with van der Waals surface area (Å²) < 4.78 is 5.09. The molecule has 0 saturated carbocycles. The van der Waals surface area contributed by atoms with Gasteiger partial charge >= 0.3 is 0 Å². The number of carbonyl (C=O) groups is 1. The van der Waals surface area contributed by atoms with Gasteiger partial charge in [0.05, 0.1) is 7.11 Å². The van der Waals surface area contributed by atoms with Gasteiger partial charge in [-0.2, -0.15) is 0 Å². The molecular formula is C26H43NO3. The van der Waals surface area contributed by atoms with E-state index in [1.54, 1.807) is 18.2 Å². The third-order valence-electron chi connectivity index (χ3n) is 5.40. The van der Waals surface area contributed by atoms with E-state index in [4.69, 9.17) is 4.74 Å². The molecule has 4 heteroatoms. The Morgan fingerprint density at radius 2 is 1.53 bits per heavy atom. The van der Waals surface area contributed by atoms with Crippen molar-refractivity contribution in [2.75, 3.05) is 7.11 Å². The van der Waals surface area contributed by atoms with Crippen LogP contribution >= 0.6 is 0 Å². The molecule has 0 atom stereocenters. The van der Waals surface area contributed by atoms with E-state index in [2.05, 4.69) is 24.4 Å². The number of nitrogens with one attached hydrogen (secondary N) is 1. The van der Waals surface area contributed by atoms with E-state index in [0.717, 1.165) is 18.4 Å². The van der Waals surface area contributed by atoms with Crippen molar-refractivity contribution in [1.82, 2.24) is 5.32 Å². The molecule has 1 aromatic carbocycles. The smallest absolute Gasteiger partial charge is 0.220 e. The maximum Gasteiger partial charge on any atom is 0.220 e. The molecule has 0 heterocycles. The van der Waals surface area contributed by atoms with Crippen LogP contribution in [0, 0.1) is 0 Å². The van der Waals surface area contributed by atoms with Gasteiger partial charge in [0.1, 0.15) is 0 Å². The SMILES string of the molecule is CCCCCC/C=C\CCCCCCCCCC(=O)NCc1ccc(O)c(OC)c1. The minimum absolute atomic E-state index is 0.0866. The predicted octanol–water partition coefficient (Wildman–Crippen LogP) is 7.05. The van der Waals surface area contributed by atoms with Gasteiger partial charge in [-0.1, -0.05) is 76.5 Å². The van der Waals surface area contributed by atoms with Gasteiger partial charge in [-0.3, -0.25) is 4.79 Å². The monoisotopic (exact) mass is 417 g/mol. The fraction of sp³-hybridized carbons (Fsp3) is 0.654. The van der Waals surface area contributed by atoms with Crippen LogP contribution in [0.2, 0.25) is 0 Å². The Bertz CT molecular complexity index is 598. The molecule has 1 aromatic rings. The quantitative estimate of drug-likeness (QED) is 0.199. The average Bonchev–Trinajstić information content (AvgIpc) is 2.75. The Labute approximate surface area is 184 Å². The molecule has 30 heavy (non-hydrogen) atoms. The van der Waals surface area contributed by atoms with Crippen LogP contribution in [0.15, 0.2) is 30.4 Å². The van der Waals surface area contributed by atoms with Crippen molar-refractivity contribution in [3.05, 3.63) is 35.9 Å². The number of methoxy groups -OCH3 is 1. The van der Waals surface area contributed by atoms with Crippen LogP contribution in [-0.2, 0) is 11.3 Å². The van der Waals surface area contributed by atoms with Gasteiger partial charge in [-0.15, -0.1) is 0 Å². The predicted molar refractivity (Wildman–Crippen MR) is 126 cm³/mol. The van der Waals surface area contributed by atoms with Gasteiger partial charge < -0.3 is 15.2 Å². The van der Waals surface area contributed by atoms with Gasteiger partial charge in [-0.25, -0.2) is 0 Å². The lowest BCUT2D eigenvalue weighted by atomic mass is 10.1. The average molecular weight is 418 g/mol. The minimum Gasteiger partial charge on any atom is -0.504 e. The summed E-state index contributed by atoms with van der Waals surface area (Å²) in [4.78, 5) is 12.0. The Morgan fingerprint density at radius 3 is 2.17 bits per heavy atom. The highest BCUT2D eigenvalue weighted by Gasteiger charge is 2.05. The minimum atomic E-state index is 0.0866. The van der Waals surface area contributed by atoms with E-state index in [9.17, 15) is 9.90 Å². The Balaban J connectivity index is 1.92. The van der Waals surface area contributed by atoms with E-state index in [1.165, 1.54) is 77.7 Å². The number of hydrogen-bond acceptors (Lipinski definition) is 3. The number of benzene rings is 1. The van der Waals surface area contributed by atoms with Gasteiger partial charge in [-0.05, 0) is 49.8 Å². The largest absolute Gasteiger partial charge is 0.504 e. The molecule has 1 rings (SSSR count). The fourth-order valence-electron chi connectivity index (χ4n) is 3.48. The summed E-state index contributed by atoms with van der Waals surface area (Å²) in [5, 5.41) is 12.5. The molecule has 0 unspecified atom stereocenters. The lowest BCUT2D eigenvalue weighted by molar-refractivity contribution is -0.121. The molecule has 0 aromatic heterocycles. The summed E-state index contributed by atoms with van der Waals surface area (Å²) in [6.07, 6.45) is 21.7. The molecule has 4 nitrogen and oxygen atoms in total. The van der Waals surface area contributed by atoms with Crippen LogP contribution in [0.3, 0.4) is 0 Å². The Morgan fingerprint density at radius 1 is 0.933 bits per heavy atom. The van der Waals surface area contributed by atoms with Crippen LogP contribution in [-0.4, -0.2) is 18.1 Å². The van der Waals surface area contributed by atoms with E-state index in [0.29, 0.717) is 18.7 Å². The van der Waals surface area contributed by atoms with Crippen molar-refractivity contribution in [3.63, 3.8) is 0 Å². The highest BCUT2D eigenvalue weighted by molar-refractivity contribution is 5.75. The van der Waals surface area contributed by atoms with Gasteiger partial charge in [0.25, 0.3) is 0 Å². The van der Waals surface area contributed by atoms with Crippen LogP contribution < -0.4 is 10.1 Å². The summed E-state index contributed by atoms with van der Waals surface area (Å²) in [5.41, 5.74) is 0.921. The second-order valence-electron chi connectivity index (χ2n) is 8.12. The number of phenolic OH excluding ortho intramolecular Hbond substituents is 1. The summed E-state index contributed by atoms with van der Waals surface area (Å²) in [6, 6.07) is 5.13. The molecule has 0 fully saturated rings. The molecule has 0 saturated heterocycles. The summed E-state index contributed by atoms with van der Waals surface area (Å²) in [7, 11) is 1.52. The number of allylic oxidation sites excluding steroid dienone is 2. The second-order valence-corrected chi connectivity index (χ2v) is 8.12. The lowest BCUT2D eigenvalue weighted by Gasteiger charge is -2.08. The molecule has 0 bridgehead atoms. The van der Waals surface area contributed by atoms with Crippen LogP contribution in [0.25, 0.3) is 0 Å². The first-order chi connectivity index (χ1) is 14.7. The zero-order valence-electron chi connectivity index (χ0n) is 19.3. The topological polar surface area (TPSA) is 58.6 Å². The van der Waals surface area contributed by atoms with Gasteiger partial charge in [0, 0.05) is 13.0 Å². The van der Waals surface area contributed by atoms with Crippen molar-refractivity contribution in [2.24, 2.45) is 0 Å². The summed E-state index contributed by atoms with van der Waals surface area (Å²) >= 11 is 0. The number of amides is 1. The number of ether oxygens (including phenoxy) is 1. The van der Waals surface area contributed by atoms with Crippen molar-refractivity contribution in [3.8, 4) is 11.5 Å². The molecule has 170 valence electrons. The van der Waals surface area contributed by atoms with E-state index in [1.807, 2.05) is 0 Å². The lowest BCUT2D eigenvalue weighted by Crippen LogP contribution is -2.22. The number of rotatable bonds is 18. The maximum absolute atomic E-state index is 12.0. The highest BCUT2D eigenvalue weighted by Crippen LogP contribution is 2.26. The number of carbonyl (C=O) groups excluding carboxylic acids is 1. The first-order valence-electron chi connectivity index (χ1n) is 11.9. The molecule has 0 aliphatic carbocycles. The zero-order chi connectivity index (χ0) is 21.9. The number of hydrogen-bond donors (Lipinski definition) is 2. The van der Waals surface area contributed by atoms with Gasteiger partial charge in [0.2, 0.25) is 5.91 Å². The molecule has 0 spiro atoms. The molecule has 0 aliphatic heterocycles. The first kappa shape index (κ1) is 26.1. The maximum atomic E-state index is 12.0. The zero-order valence-corrected chi connectivity index (χ0v) is 19.3. The second kappa shape index (κ2) is 17.9. The first-order valence-corrected chi connectivity index (χ1v) is 11.9. The molecule has 2 N–H and O–H groups in total. The number of aromatic hydroxyl groups is 1. The summed E-state index contributed by atoms with van der Waals surface area (Å²) in [6.45, 7) is 2.72. The van der Waals surface area contributed by atoms with Crippen molar-refractivity contribution >= 4 is 5.91 Å². The van der Waals surface area contributed by atoms with Crippen molar-refractivity contribution in [1.29, 1.82) is 0 Å². The van der Waals surface area contributed by atoms with Crippen molar-refractivity contribution in [2.45, 2.75) is 103 Å². The van der Waals surface area contributed by atoms with E-state index < -0.39 is 0 Å². The van der Waals surface area contributed by atoms with Gasteiger partial charge in [0.15, 0.2) is 11.5 Å². The molecule has 1 amide bonds. The normalized spacial score (nSPS) is 11.1. The van der Waals surface area contributed by atoms with Crippen molar-refractivity contribution < 1.29 is 14.6 Å². The molecule has 0 aliphatic rings. The number of unbranched alkanes of at least 4 members (excludes halogenated alkanes) is 11. The molecular weight excluding hydrogens is 374 g/mol. The Kier molecular flexibility index (Phi) is 15.5. The third-order valence-corrected chi connectivity index (χ3v) is 5.40. The van der Waals surface area contributed by atoms with Crippen LogP contribution in [0.4, 0.5) is 0 Å². The third kappa shape index (κ3) is 13.3. The van der Waals surface area contributed by atoms with Crippen LogP contribution in [0.1, 0.15) is 102 Å². The number of phenols is 1. The standard InChI is InChI=1S/C26H43NO3/c1-3-4-5-6-7-8-9-10-11-12-13-14-15-16-17-18-26(29)27-22-23-19-20-24(28)25(21-23)30-2/h8-9,19-21,28H,3-7,10-18,22H2,1-2H3,(H,27,29)/b9-8-.